The van der Waals surface area contributed by atoms with Gasteiger partial charge >= 0.3 is 0 Å². The smallest absolute Gasteiger partial charge is 0.293 e. The lowest BCUT2D eigenvalue weighted by atomic mass is 9.89. The van der Waals surface area contributed by atoms with E-state index in [0.29, 0.717) is 17.7 Å². The van der Waals surface area contributed by atoms with Gasteiger partial charge in [0.05, 0.1) is 6.20 Å². The Morgan fingerprint density at radius 3 is 2.75 bits per heavy atom. The summed E-state index contributed by atoms with van der Waals surface area (Å²) in [5.41, 5.74) is 2.01. The molecule has 2 aromatic heterocycles. The molecule has 1 aromatic carbocycles. The van der Waals surface area contributed by atoms with E-state index < -0.39 is 0 Å². The number of fused-ring (bicyclic) bond motifs is 2. The van der Waals surface area contributed by atoms with Gasteiger partial charge in [0.25, 0.3) is 5.91 Å². The van der Waals surface area contributed by atoms with Crippen LogP contribution >= 0.6 is 0 Å². The van der Waals surface area contributed by atoms with Gasteiger partial charge in [-0.15, -0.1) is 10.2 Å². The Morgan fingerprint density at radius 2 is 1.96 bits per heavy atom. The molecule has 1 fully saturated rings. The van der Waals surface area contributed by atoms with Gasteiger partial charge < -0.3 is 9.88 Å². The van der Waals surface area contributed by atoms with Crippen molar-refractivity contribution in [1.82, 2.24) is 29.4 Å². The summed E-state index contributed by atoms with van der Waals surface area (Å²) in [6.07, 6.45) is 4.88. The van der Waals surface area contributed by atoms with E-state index in [9.17, 15) is 4.79 Å². The Morgan fingerprint density at radius 1 is 1.14 bits per heavy atom. The lowest BCUT2D eigenvalue weighted by Gasteiger charge is -2.25. The Labute approximate surface area is 163 Å². The number of para-hydroxylation sites is 1. The van der Waals surface area contributed by atoms with Crippen LogP contribution < -0.4 is 5.32 Å². The van der Waals surface area contributed by atoms with E-state index in [1.54, 1.807) is 0 Å². The Bertz CT molecular complexity index is 993. The van der Waals surface area contributed by atoms with E-state index in [0.717, 1.165) is 44.1 Å². The summed E-state index contributed by atoms with van der Waals surface area (Å²) in [6, 6.07) is 9.46. The Balaban J connectivity index is 1.28. The molecular formula is C20H23N7O. The van der Waals surface area contributed by atoms with Crippen molar-refractivity contribution in [2.24, 2.45) is 18.9 Å². The Kier molecular flexibility index (Phi) is 4.20. The van der Waals surface area contributed by atoms with E-state index in [2.05, 4.69) is 31.7 Å². The van der Waals surface area contributed by atoms with Gasteiger partial charge in [-0.25, -0.2) is 0 Å². The first-order valence-corrected chi connectivity index (χ1v) is 9.64. The molecule has 0 unspecified atom stereocenters. The summed E-state index contributed by atoms with van der Waals surface area (Å²) in [5, 5.41) is 15.7. The van der Waals surface area contributed by atoms with E-state index in [-0.39, 0.29) is 5.91 Å². The average molecular weight is 377 g/mol. The largest absolute Gasteiger partial charge is 0.319 e. The van der Waals surface area contributed by atoms with Crippen LogP contribution in [0.2, 0.25) is 0 Å². The highest BCUT2D eigenvalue weighted by atomic mass is 16.2. The number of anilines is 1. The van der Waals surface area contributed by atoms with Gasteiger partial charge in [-0.05, 0) is 24.0 Å². The van der Waals surface area contributed by atoms with Crippen LogP contribution in [0.5, 0.6) is 0 Å². The van der Waals surface area contributed by atoms with Crippen LogP contribution in [0, 0.1) is 11.8 Å². The first-order valence-electron chi connectivity index (χ1n) is 9.64. The fourth-order valence-corrected chi connectivity index (χ4v) is 4.44. The fraction of sp³-hybridized carbons (Fsp3) is 0.400. The van der Waals surface area contributed by atoms with E-state index >= 15 is 0 Å². The molecule has 5 rings (SSSR count). The topological polar surface area (TPSA) is 80.9 Å². The van der Waals surface area contributed by atoms with Crippen LogP contribution in [0.1, 0.15) is 22.0 Å². The number of aromatic nitrogens is 5. The van der Waals surface area contributed by atoms with Gasteiger partial charge in [-0.1, -0.05) is 18.2 Å². The molecule has 0 saturated carbocycles. The highest BCUT2D eigenvalue weighted by Gasteiger charge is 2.39. The number of hydrogen-bond donors (Lipinski definition) is 1. The third kappa shape index (κ3) is 3.20. The molecular weight excluding hydrogens is 354 g/mol. The van der Waals surface area contributed by atoms with Gasteiger partial charge in [-0.3, -0.25) is 14.4 Å². The number of amides is 1. The predicted octanol–water partition coefficient (Wildman–Crippen LogP) is 1.57. The van der Waals surface area contributed by atoms with Gasteiger partial charge in [0.2, 0.25) is 5.82 Å². The number of hydrogen-bond acceptors (Lipinski definition) is 5. The summed E-state index contributed by atoms with van der Waals surface area (Å²) in [5.74, 6) is 2.21. The van der Waals surface area contributed by atoms with Crippen molar-refractivity contribution in [1.29, 1.82) is 0 Å². The normalized spacial score (nSPS) is 21.3. The highest BCUT2D eigenvalue weighted by Crippen LogP contribution is 2.33. The lowest BCUT2D eigenvalue weighted by Crippen LogP contribution is -2.31. The number of carbonyl (C=O) groups excluding carboxylic acids is 1. The van der Waals surface area contributed by atoms with Crippen LogP contribution in [0.4, 0.5) is 5.69 Å². The second-order valence-electron chi connectivity index (χ2n) is 7.81. The molecule has 8 heteroatoms. The first-order chi connectivity index (χ1) is 13.7. The minimum atomic E-state index is -0.200. The minimum absolute atomic E-state index is 0.200. The van der Waals surface area contributed by atoms with Crippen molar-refractivity contribution in [3.63, 3.8) is 0 Å². The average Bonchev–Trinajstić information content (AvgIpc) is 3.38. The second kappa shape index (κ2) is 6.87. The van der Waals surface area contributed by atoms with E-state index in [1.165, 1.54) is 5.56 Å². The van der Waals surface area contributed by atoms with Gasteiger partial charge in [-0.2, -0.15) is 5.10 Å². The zero-order valence-corrected chi connectivity index (χ0v) is 15.8. The molecule has 2 aliphatic heterocycles. The summed E-state index contributed by atoms with van der Waals surface area (Å²) in [6.45, 7) is 3.80. The Hall–Kier alpha value is -3.00. The van der Waals surface area contributed by atoms with Crippen molar-refractivity contribution in [2.75, 3.05) is 18.4 Å². The maximum Gasteiger partial charge on any atom is 0.293 e. The maximum absolute atomic E-state index is 12.7. The number of carbonyl (C=O) groups is 1. The number of likely N-dealkylation sites (tertiary alicyclic amines) is 1. The van der Waals surface area contributed by atoms with Crippen molar-refractivity contribution in [3.8, 4) is 0 Å². The number of aryl methyl sites for hydroxylation is 1. The molecule has 3 aromatic rings. The van der Waals surface area contributed by atoms with Crippen molar-refractivity contribution < 1.29 is 4.79 Å². The van der Waals surface area contributed by atoms with Gasteiger partial charge in [0, 0.05) is 57.1 Å². The van der Waals surface area contributed by atoms with Crippen LogP contribution in [-0.2, 0) is 26.6 Å². The van der Waals surface area contributed by atoms with Crippen molar-refractivity contribution in [2.45, 2.75) is 19.5 Å². The monoisotopic (exact) mass is 377 g/mol. The molecule has 0 bridgehead atoms. The lowest BCUT2D eigenvalue weighted by molar-refractivity contribution is 0.100. The van der Waals surface area contributed by atoms with Crippen LogP contribution in [-0.4, -0.2) is 48.4 Å². The molecule has 0 spiro atoms. The number of rotatable bonds is 4. The molecule has 1 saturated heterocycles. The first kappa shape index (κ1) is 17.1. The standard InChI is InChI=1S/C20H23N7O/c1-25-9-14(8-21-25)10-26-11-15-7-18-23-24-19(27(18)13-16(15)12-26)20(28)22-17-5-3-2-4-6-17/h2-6,8-9,15-16H,7,10-13H2,1H3,(H,22,28)/t15-,16-/m0/s1. The predicted molar refractivity (Wildman–Crippen MR) is 104 cm³/mol. The summed E-state index contributed by atoms with van der Waals surface area (Å²) < 4.78 is 3.85. The summed E-state index contributed by atoms with van der Waals surface area (Å²) >= 11 is 0. The molecule has 0 aliphatic carbocycles. The summed E-state index contributed by atoms with van der Waals surface area (Å²) in [7, 11) is 1.95. The number of benzene rings is 1. The zero-order valence-electron chi connectivity index (χ0n) is 15.8. The maximum atomic E-state index is 12.7. The molecule has 0 radical (unpaired) electrons. The summed E-state index contributed by atoms with van der Waals surface area (Å²) in [4.78, 5) is 15.2. The SMILES string of the molecule is Cn1cc(CN2C[C@@H]3Cc4nnc(C(=O)Nc5ccccc5)n4C[C@@H]3C2)cn1. The van der Waals surface area contributed by atoms with Crippen molar-refractivity contribution >= 4 is 11.6 Å². The van der Waals surface area contributed by atoms with Gasteiger partial charge in [0.1, 0.15) is 5.82 Å². The second-order valence-corrected chi connectivity index (χ2v) is 7.81. The molecule has 144 valence electrons. The van der Waals surface area contributed by atoms with Crippen LogP contribution in [0.15, 0.2) is 42.7 Å². The number of nitrogens with zero attached hydrogens (tertiary/aromatic N) is 6. The molecule has 8 nitrogen and oxygen atoms in total. The molecule has 1 amide bonds. The van der Waals surface area contributed by atoms with E-state index in [1.807, 2.05) is 52.8 Å². The van der Waals surface area contributed by atoms with Crippen molar-refractivity contribution in [3.05, 3.63) is 59.9 Å². The highest BCUT2D eigenvalue weighted by molar-refractivity contribution is 6.01. The fourth-order valence-electron chi connectivity index (χ4n) is 4.44. The minimum Gasteiger partial charge on any atom is -0.319 e. The van der Waals surface area contributed by atoms with Gasteiger partial charge in [0.15, 0.2) is 0 Å². The quantitative estimate of drug-likeness (QED) is 0.746. The molecule has 28 heavy (non-hydrogen) atoms. The molecule has 2 atom stereocenters. The molecule has 4 heterocycles. The third-order valence-electron chi connectivity index (χ3n) is 5.74. The van der Waals surface area contributed by atoms with Crippen LogP contribution in [0.3, 0.4) is 0 Å². The molecule has 2 aliphatic rings. The zero-order chi connectivity index (χ0) is 19.1. The van der Waals surface area contributed by atoms with E-state index in [4.69, 9.17) is 0 Å². The number of nitrogens with one attached hydrogen (secondary N) is 1. The third-order valence-corrected chi connectivity index (χ3v) is 5.74. The van der Waals surface area contributed by atoms with Crippen LogP contribution in [0.25, 0.3) is 0 Å². The molecule has 1 N–H and O–H groups in total.